The molecule has 0 aromatic heterocycles. The van der Waals surface area contributed by atoms with E-state index in [1.54, 1.807) is 54.6 Å². The molecule has 0 radical (unpaired) electrons. The van der Waals surface area contributed by atoms with E-state index >= 15 is 0 Å². The minimum Gasteiger partial charge on any atom is -0.548 e. The van der Waals surface area contributed by atoms with Crippen molar-refractivity contribution in [2.24, 2.45) is 0 Å². The van der Waals surface area contributed by atoms with Crippen molar-refractivity contribution in [3.8, 4) is 5.75 Å². The first-order valence-electron chi connectivity index (χ1n) is 7.86. The zero-order chi connectivity index (χ0) is 20.3. The van der Waals surface area contributed by atoms with Gasteiger partial charge in [-0.15, -0.1) is 0 Å². The second-order valence-corrected chi connectivity index (χ2v) is 7.72. The third kappa shape index (κ3) is 4.78. The van der Waals surface area contributed by atoms with Gasteiger partial charge in [-0.1, -0.05) is 47.7 Å². The molecule has 6 nitrogen and oxygen atoms in total. The Labute approximate surface area is 174 Å². The molecule has 0 aliphatic carbocycles. The number of nitrogens with zero attached hydrogens (tertiary/aromatic N) is 1. The van der Waals surface area contributed by atoms with Crippen LogP contribution in [0.5, 0.6) is 5.75 Å². The van der Waals surface area contributed by atoms with E-state index in [9.17, 15) is 19.5 Å². The Morgan fingerprint density at radius 2 is 1.79 bits per heavy atom. The van der Waals surface area contributed by atoms with Crippen LogP contribution in [-0.4, -0.2) is 33.6 Å². The van der Waals surface area contributed by atoms with Gasteiger partial charge in [0.25, 0.3) is 5.91 Å². The van der Waals surface area contributed by atoms with Crippen molar-refractivity contribution in [3.63, 3.8) is 0 Å². The fourth-order valence-electron chi connectivity index (χ4n) is 2.30. The number of halogens is 1. The van der Waals surface area contributed by atoms with E-state index in [2.05, 4.69) is 0 Å². The van der Waals surface area contributed by atoms with E-state index in [0.29, 0.717) is 26.8 Å². The fourth-order valence-corrected chi connectivity index (χ4v) is 3.68. The van der Waals surface area contributed by atoms with E-state index in [1.807, 2.05) is 0 Å². The Kier molecular flexibility index (Phi) is 6.13. The average Bonchev–Trinajstić information content (AvgIpc) is 2.91. The van der Waals surface area contributed by atoms with Gasteiger partial charge in [0.2, 0.25) is 0 Å². The van der Waals surface area contributed by atoms with Crippen molar-refractivity contribution >= 4 is 63.8 Å². The monoisotopic (exact) mass is 432 g/mol. The molecule has 0 unspecified atom stereocenters. The maximum atomic E-state index is 12.2. The predicted octanol–water partition coefficient (Wildman–Crippen LogP) is 2.51. The summed E-state index contributed by atoms with van der Waals surface area (Å²) >= 11 is 11.8. The number of carbonyl (C=O) groups is 3. The van der Waals surface area contributed by atoms with Crippen molar-refractivity contribution in [1.82, 2.24) is 4.90 Å². The van der Waals surface area contributed by atoms with Crippen molar-refractivity contribution in [2.45, 2.75) is 0 Å². The van der Waals surface area contributed by atoms with Gasteiger partial charge in [-0.2, -0.15) is 0 Å². The molecule has 0 spiro atoms. The standard InChI is InChI=1S/C19H12ClNO5S2/c20-13-5-3-12(4-6-13)18(25)26-14-7-1-11(2-8-14)9-15-17(24)21(10-16(22)23)19(27)28-15/h1-9H,10H2,(H,22,23)/p-1/b15-9+. The smallest absolute Gasteiger partial charge is 0.343 e. The number of esters is 1. The van der Waals surface area contributed by atoms with Crippen LogP contribution in [0.4, 0.5) is 0 Å². The molecule has 1 saturated heterocycles. The molecular formula is C19H11ClNO5S2-. The zero-order valence-electron chi connectivity index (χ0n) is 14.1. The molecule has 1 aliphatic heterocycles. The summed E-state index contributed by atoms with van der Waals surface area (Å²) in [5.74, 6) is -2.06. The van der Waals surface area contributed by atoms with Gasteiger partial charge in [-0.25, -0.2) is 4.79 Å². The quantitative estimate of drug-likeness (QED) is 0.310. The Morgan fingerprint density at radius 3 is 2.39 bits per heavy atom. The topological polar surface area (TPSA) is 86.7 Å². The molecule has 1 amide bonds. The summed E-state index contributed by atoms with van der Waals surface area (Å²) in [5, 5.41) is 11.2. The average molecular weight is 433 g/mol. The number of thiocarbonyl (C=S) groups is 1. The number of hydrogen-bond acceptors (Lipinski definition) is 7. The highest BCUT2D eigenvalue weighted by Gasteiger charge is 2.31. The molecule has 2 aromatic rings. The number of thioether (sulfide) groups is 1. The van der Waals surface area contributed by atoms with Gasteiger partial charge in [0.1, 0.15) is 10.1 Å². The summed E-state index contributed by atoms with van der Waals surface area (Å²) in [5.41, 5.74) is 1.03. The van der Waals surface area contributed by atoms with Gasteiger partial charge >= 0.3 is 5.97 Å². The number of amides is 1. The Bertz CT molecular complexity index is 986. The van der Waals surface area contributed by atoms with Crippen LogP contribution in [0.25, 0.3) is 6.08 Å². The van der Waals surface area contributed by atoms with Gasteiger partial charge in [-0.3, -0.25) is 9.69 Å². The van der Waals surface area contributed by atoms with Crippen molar-refractivity contribution in [1.29, 1.82) is 0 Å². The van der Waals surface area contributed by atoms with E-state index < -0.39 is 24.4 Å². The molecule has 142 valence electrons. The first-order valence-corrected chi connectivity index (χ1v) is 9.47. The Hall–Kier alpha value is -2.68. The van der Waals surface area contributed by atoms with E-state index in [-0.39, 0.29) is 4.32 Å². The number of ether oxygens (including phenoxy) is 1. The second kappa shape index (κ2) is 8.55. The highest BCUT2D eigenvalue weighted by Crippen LogP contribution is 2.32. The number of carbonyl (C=O) groups excluding carboxylic acids is 3. The Balaban J connectivity index is 1.69. The van der Waals surface area contributed by atoms with Crippen LogP contribution in [0.2, 0.25) is 5.02 Å². The van der Waals surface area contributed by atoms with Crippen molar-refractivity contribution < 1.29 is 24.2 Å². The van der Waals surface area contributed by atoms with Crippen molar-refractivity contribution in [3.05, 3.63) is 69.6 Å². The van der Waals surface area contributed by atoms with Crippen LogP contribution in [0, 0.1) is 0 Å². The minimum absolute atomic E-state index is 0.161. The summed E-state index contributed by atoms with van der Waals surface area (Å²) in [6.45, 7) is -0.582. The molecule has 28 heavy (non-hydrogen) atoms. The van der Waals surface area contributed by atoms with E-state index in [1.165, 1.54) is 0 Å². The molecule has 9 heteroatoms. The molecule has 0 saturated carbocycles. The molecule has 0 N–H and O–H groups in total. The molecule has 0 bridgehead atoms. The van der Waals surface area contributed by atoms with Crippen LogP contribution in [-0.2, 0) is 9.59 Å². The predicted molar refractivity (Wildman–Crippen MR) is 108 cm³/mol. The first kappa shape index (κ1) is 20.1. The molecular weight excluding hydrogens is 422 g/mol. The van der Waals surface area contributed by atoms with Gasteiger partial charge in [-0.05, 0) is 48.0 Å². The van der Waals surface area contributed by atoms with Crippen molar-refractivity contribution in [2.75, 3.05) is 6.54 Å². The minimum atomic E-state index is -1.38. The van der Waals surface area contributed by atoms with Gasteiger partial charge in [0.15, 0.2) is 0 Å². The summed E-state index contributed by atoms with van der Waals surface area (Å²) in [6, 6.07) is 12.8. The molecule has 1 fully saturated rings. The SMILES string of the molecule is O=C([O-])CN1C(=O)/C(=C\c2ccc(OC(=O)c3ccc(Cl)cc3)cc2)SC1=S. The molecule has 3 rings (SSSR count). The summed E-state index contributed by atoms with van der Waals surface area (Å²) < 4.78 is 5.45. The molecule has 0 atom stereocenters. The highest BCUT2D eigenvalue weighted by atomic mass is 35.5. The number of hydrogen-bond donors (Lipinski definition) is 0. The summed E-state index contributed by atoms with van der Waals surface area (Å²) in [6.07, 6.45) is 1.58. The molecule has 1 aliphatic rings. The molecule has 2 aromatic carbocycles. The number of aliphatic carboxylic acids is 1. The normalized spacial score (nSPS) is 15.2. The lowest BCUT2D eigenvalue weighted by atomic mass is 10.2. The largest absolute Gasteiger partial charge is 0.548 e. The lowest BCUT2D eigenvalue weighted by Gasteiger charge is -2.14. The van der Waals surface area contributed by atoms with E-state index in [4.69, 9.17) is 28.6 Å². The van der Waals surface area contributed by atoms with Gasteiger partial charge < -0.3 is 14.6 Å². The highest BCUT2D eigenvalue weighted by molar-refractivity contribution is 8.26. The van der Waals surface area contributed by atoms with Crippen LogP contribution in [0.15, 0.2) is 53.4 Å². The van der Waals surface area contributed by atoms with Crippen LogP contribution < -0.4 is 9.84 Å². The molecule has 1 heterocycles. The third-order valence-electron chi connectivity index (χ3n) is 3.63. The van der Waals surface area contributed by atoms with Gasteiger partial charge in [0.05, 0.1) is 23.0 Å². The maximum Gasteiger partial charge on any atom is 0.343 e. The lowest BCUT2D eigenvalue weighted by Crippen LogP contribution is -2.40. The lowest BCUT2D eigenvalue weighted by molar-refractivity contribution is -0.305. The maximum absolute atomic E-state index is 12.2. The fraction of sp³-hybridized carbons (Fsp3) is 0.0526. The van der Waals surface area contributed by atoms with Crippen LogP contribution >= 0.6 is 35.6 Å². The zero-order valence-corrected chi connectivity index (χ0v) is 16.5. The van der Waals surface area contributed by atoms with E-state index in [0.717, 1.165) is 16.7 Å². The number of rotatable bonds is 5. The summed E-state index contributed by atoms with van der Waals surface area (Å²) in [4.78, 5) is 36.3. The van der Waals surface area contributed by atoms with Crippen LogP contribution in [0.1, 0.15) is 15.9 Å². The number of carboxylic acids is 1. The third-order valence-corrected chi connectivity index (χ3v) is 5.26. The van der Waals surface area contributed by atoms with Gasteiger partial charge in [0, 0.05) is 5.02 Å². The Morgan fingerprint density at radius 1 is 1.14 bits per heavy atom. The first-order chi connectivity index (χ1) is 13.3. The second-order valence-electron chi connectivity index (χ2n) is 5.61. The van der Waals surface area contributed by atoms with Crippen LogP contribution in [0.3, 0.4) is 0 Å². The number of benzene rings is 2. The summed E-state index contributed by atoms with van der Waals surface area (Å²) in [7, 11) is 0. The number of carboxylic acid groups (broad SMARTS) is 1.